The third kappa shape index (κ3) is 2.35. The van der Waals surface area contributed by atoms with Gasteiger partial charge in [-0.1, -0.05) is 6.07 Å². The predicted octanol–water partition coefficient (Wildman–Crippen LogP) is 2.41. The Balaban J connectivity index is 2.13. The zero-order valence-electron chi connectivity index (χ0n) is 8.37. The molecule has 2 nitrogen and oxygen atoms in total. The third-order valence-electron chi connectivity index (χ3n) is 2.96. The summed E-state index contributed by atoms with van der Waals surface area (Å²) in [5.74, 6) is -0.739. The summed E-state index contributed by atoms with van der Waals surface area (Å²) in [4.78, 5) is 10.6. The van der Waals surface area contributed by atoms with E-state index in [0.29, 0.717) is 0 Å². The number of rotatable bonds is 2. The molecule has 0 unspecified atom stereocenters. The highest BCUT2D eigenvalue weighted by molar-refractivity contribution is 5.67. The van der Waals surface area contributed by atoms with Crippen LogP contribution in [0.3, 0.4) is 0 Å². The van der Waals surface area contributed by atoms with Crippen molar-refractivity contribution in [2.45, 2.75) is 25.7 Å². The van der Waals surface area contributed by atoms with Crippen LogP contribution < -0.4 is 0 Å². The second kappa shape index (κ2) is 4.01. The highest BCUT2D eigenvalue weighted by Crippen LogP contribution is 2.27. The van der Waals surface area contributed by atoms with Crippen LogP contribution in [0.15, 0.2) is 18.2 Å². The van der Waals surface area contributed by atoms with Crippen LogP contribution in [0.2, 0.25) is 0 Å². The average Bonchev–Trinajstić information content (AvgIpc) is 2.17. The highest BCUT2D eigenvalue weighted by Gasteiger charge is 2.20. The summed E-state index contributed by atoms with van der Waals surface area (Å²) < 4.78 is 12.9. The molecule has 1 aromatic carbocycles. The number of halogens is 1. The van der Waals surface area contributed by atoms with Crippen LogP contribution in [0.5, 0.6) is 0 Å². The first-order valence-electron chi connectivity index (χ1n) is 5.14. The summed E-state index contributed by atoms with van der Waals surface area (Å²) >= 11 is 0. The van der Waals surface area contributed by atoms with Gasteiger partial charge in [0, 0.05) is 6.42 Å². The van der Waals surface area contributed by atoms with Gasteiger partial charge in [-0.2, -0.15) is 0 Å². The van der Waals surface area contributed by atoms with Crippen LogP contribution in [-0.2, 0) is 17.6 Å². The number of carbonyl (C=O) groups is 1. The summed E-state index contributed by atoms with van der Waals surface area (Å²) in [6.07, 6.45) is 2.63. The van der Waals surface area contributed by atoms with Crippen molar-refractivity contribution < 1.29 is 14.3 Å². The highest BCUT2D eigenvalue weighted by atomic mass is 19.1. The number of aryl methyl sites for hydroxylation is 1. The Morgan fingerprint density at radius 2 is 2.27 bits per heavy atom. The second-order valence-electron chi connectivity index (χ2n) is 4.12. The molecule has 1 aliphatic carbocycles. The van der Waals surface area contributed by atoms with E-state index in [1.807, 2.05) is 0 Å². The van der Waals surface area contributed by atoms with E-state index >= 15 is 0 Å². The Hall–Kier alpha value is -1.38. The fourth-order valence-electron chi connectivity index (χ4n) is 2.22. The van der Waals surface area contributed by atoms with E-state index in [0.717, 1.165) is 30.4 Å². The minimum absolute atomic E-state index is 0.203. The molecular formula is C12H13FO2. The van der Waals surface area contributed by atoms with E-state index in [1.165, 1.54) is 6.07 Å². The van der Waals surface area contributed by atoms with Gasteiger partial charge >= 0.3 is 5.97 Å². The minimum Gasteiger partial charge on any atom is -0.481 e. The molecule has 0 saturated heterocycles. The molecule has 0 fully saturated rings. The van der Waals surface area contributed by atoms with Crippen LogP contribution >= 0.6 is 0 Å². The summed E-state index contributed by atoms with van der Waals surface area (Å²) in [6, 6.07) is 4.78. The summed E-state index contributed by atoms with van der Waals surface area (Å²) in [5, 5.41) is 8.70. The fraction of sp³-hybridized carbons (Fsp3) is 0.417. The molecule has 1 N–H and O–H groups in total. The molecule has 0 aliphatic heterocycles. The molecular weight excluding hydrogens is 195 g/mol. The van der Waals surface area contributed by atoms with Gasteiger partial charge in [0.25, 0.3) is 0 Å². The van der Waals surface area contributed by atoms with Crippen molar-refractivity contribution in [3.63, 3.8) is 0 Å². The van der Waals surface area contributed by atoms with E-state index in [2.05, 4.69) is 0 Å². The number of carboxylic acid groups (broad SMARTS) is 1. The van der Waals surface area contributed by atoms with Crippen molar-refractivity contribution in [2.24, 2.45) is 5.92 Å². The lowest BCUT2D eigenvalue weighted by Gasteiger charge is -2.23. The molecule has 0 radical (unpaired) electrons. The van der Waals surface area contributed by atoms with E-state index in [9.17, 15) is 9.18 Å². The number of hydrogen-bond acceptors (Lipinski definition) is 1. The first-order valence-corrected chi connectivity index (χ1v) is 5.14. The van der Waals surface area contributed by atoms with E-state index < -0.39 is 5.97 Å². The zero-order chi connectivity index (χ0) is 10.8. The molecule has 0 aromatic heterocycles. The van der Waals surface area contributed by atoms with Crippen molar-refractivity contribution in [3.8, 4) is 0 Å². The molecule has 1 aromatic rings. The van der Waals surface area contributed by atoms with Crippen LogP contribution in [-0.4, -0.2) is 11.1 Å². The lowest BCUT2D eigenvalue weighted by molar-refractivity contribution is -0.138. The molecule has 0 heterocycles. The summed E-state index contributed by atoms with van der Waals surface area (Å²) in [6.45, 7) is 0. The monoisotopic (exact) mass is 208 g/mol. The summed E-state index contributed by atoms with van der Waals surface area (Å²) in [7, 11) is 0. The Bertz CT molecular complexity index is 387. The average molecular weight is 208 g/mol. The molecule has 3 heteroatoms. The first-order chi connectivity index (χ1) is 7.15. The van der Waals surface area contributed by atoms with Gasteiger partial charge in [-0.05, 0) is 48.4 Å². The number of benzene rings is 1. The summed E-state index contributed by atoms with van der Waals surface area (Å²) in [5.41, 5.74) is 2.14. The van der Waals surface area contributed by atoms with Crippen molar-refractivity contribution in [1.82, 2.24) is 0 Å². The molecule has 1 aliphatic rings. The van der Waals surface area contributed by atoms with Crippen molar-refractivity contribution >= 4 is 5.97 Å². The number of carboxylic acids is 1. The van der Waals surface area contributed by atoms with Crippen molar-refractivity contribution in [1.29, 1.82) is 0 Å². The topological polar surface area (TPSA) is 37.3 Å². The molecule has 2 rings (SSSR count). The van der Waals surface area contributed by atoms with Crippen LogP contribution in [0.4, 0.5) is 4.39 Å². The smallest absolute Gasteiger partial charge is 0.303 e. The Morgan fingerprint density at radius 1 is 1.47 bits per heavy atom. The molecule has 1 atom stereocenters. The first kappa shape index (κ1) is 10.1. The van der Waals surface area contributed by atoms with E-state index in [4.69, 9.17) is 5.11 Å². The quantitative estimate of drug-likeness (QED) is 0.810. The number of fused-ring (bicyclic) bond motifs is 1. The zero-order valence-corrected chi connectivity index (χ0v) is 8.37. The van der Waals surface area contributed by atoms with Crippen molar-refractivity contribution in [2.75, 3.05) is 0 Å². The largest absolute Gasteiger partial charge is 0.481 e. The Labute approximate surface area is 87.7 Å². The van der Waals surface area contributed by atoms with Gasteiger partial charge in [0.15, 0.2) is 0 Å². The van der Waals surface area contributed by atoms with Crippen molar-refractivity contribution in [3.05, 3.63) is 35.1 Å². The van der Waals surface area contributed by atoms with E-state index in [1.54, 1.807) is 12.1 Å². The van der Waals surface area contributed by atoms with Crippen LogP contribution in [0.25, 0.3) is 0 Å². The molecule has 80 valence electrons. The van der Waals surface area contributed by atoms with Gasteiger partial charge in [0.05, 0.1) is 0 Å². The standard InChI is InChI=1S/C12H13FO2/c13-11-4-3-9-5-8(6-12(14)15)1-2-10(9)7-11/h3-4,7-8H,1-2,5-6H2,(H,14,15)/t8-/m0/s1. The Morgan fingerprint density at radius 3 is 3.00 bits per heavy atom. The molecule has 0 amide bonds. The molecule has 0 saturated carbocycles. The SMILES string of the molecule is O=C(O)C[C@H]1CCc2cc(F)ccc2C1. The minimum atomic E-state index is -0.745. The molecule has 0 spiro atoms. The van der Waals surface area contributed by atoms with Gasteiger partial charge in [-0.3, -0.25) is 4.79 Å². The van der Waals surface area contributed by atoms with E-state index in [-0.39, 0.29) is 18.2 Å². The maximum atomic E-state index is 12.9. The lowest BCUT2D eigenvalue weighted by Crippen LogP contribution is -2.17. The third-order valence-corrected chi connectivity index (χ3v) is 2.96. The fourth-order valence-corrected chi connectivity index (χ4v) is 2.22. The number of hydrogen-bond donors (Lipinski definition) is 1. The maximum Gasteiger partial charge on any atom is 0.303 e. The normalized spacial score (nSPS) is 19.7. The van der Waals surface area contributed by atoms with Gasteiger partial charge in [-0.25, -0.2) is 4.39 Å². The predicted molar refractivity (Wildman–Crippen MR) is 54.2 cm³/mol. The number of aliphatic carboxylic acids is 1. The van der Waals surface area contributed by atoms with Crippen LogP contribution in [0, 0.1) is 11.7 Å². The van der Waals surface area contributed by atoms with Gasteiger partial charge in [-0.15, -0.1) is 0 Å². The lowest BCUT2D eigenvalue weighted by atomic mass is 9.82. The Kier molecular flexibility index (Phi) is 2.71. The molecule has 0 bridgehead atoms. The van der Waals surface area contributed by atoms with Crippen LogP contribution in [0.1, 0.15) is 24.0 Å². The van der Waals surface area contributed by atoms with Gasteiger partial charge in [0.2, 0.25) is 0 Å². The second-order valence-corrected chi connectivity index (χ2v) is 4.12. The maximum absolute atomic E-state index is 12.9. The molecule has 15 heavy (non-hydrogen) atoms. The van der Waals surface area contributed by atoms with Gasteiger partial charge in [0.1, 0.15) is 5.82 Å². The van der Waals surface area contributed by atoms with Gasteiger partial charge < -0.3 is 5.11 Å².